The Hall–Kier alpha value is -1.81. The summed E-state index contributed by atoms with van der Waals surface area (Å²) in [5, 5.41) is 6.27. The zero-order valence-corrected chi connectivity index (χ0v) is 11.9. The van der Waals surface area contributed by atoms with E-state index in [2.05, 4.69) is 17.2 Å². The number of hydrogen-bond donors (Lipinski definition) is 2. The zero-order valence-electron chi connectivity index (χ0n) is 11.9. The molecule has 4 heteroatoms. The first kappa shape index (κ1) is 14.6. The summed E-state index contributed by atoms with van der Waals surface area (Å²) in [5.74, 6) is 0. The van der Waals surface area contributed by atoms with Crippen LogP contribution in [-0.2, 0) is 11.3 Å². The maximum Gasteiger partial charge on any atom is 0.407 e. The second-order valence-electron chi connectivity index (χ2n) is 5.41. The molecule has 20 heavy (non-hydrogen) atoms. The van der Waals surface area contributed by atoms with Gasteiger partial charge in [0.15, 0.2) is 0 Å². The van der Waals surface area contributed by atoms with Crippen LogP contribution in [0, 0.1) is 0 Å². The van der Waals surface area contributed by atoms with E-state index >= 15 is 0 Å². The molecule has 0 aliphatic heterocycles. The van der Waals surface area contributed by atoms with E-state index in [1.54, 1.807) is 0 Å². The molecule has 4 nitrogen and oxygen atoms in total. The van der Waals surface area contributed by atoms with Crippen molar-refractivity contribution in [1.29, 1.82) is 0 Å². The Bertz CT molecular complexity index is 453. The number of ether oxygens (including phenoxy) is 1. The average Bonchev–Trinajstić information content (AvgIpc) is 2.39. The molecule has 1 fully saturated rings. The van der Waals surface area contributed by atoms with Crippen LogP contribution in [0.3, 0.4) is 0 Å². The first-order valence-electron chi connectivity index (χ1n) is 6.98. The van der Waals surface area contributed by atoms with Crippen molar-refractivity contribution in [3.8, 4) is 0 Å². The molecule has 1 aromatic carbocycles. The van der Waals surface area contributed by atoms with Crippen LogP contribution < -0.4 is 10.6 Å². The van der Waals surface area contributed by atoms with Crippen LogP contribution >= 0.6 is 0 Å². The number of carbonyl (C=O) groups excluding carboxylic acids is 1. The maximum atomic E-state index is 11.6. The number of benzene rings is 1. The van der Waals surface area contributed by atoms with E-state index in [9.17, 15) is 4.79 Å². The molecule has 0 radical (unpaired) electrons. The van der Waals surface area contributed by atoms with Gasteiger partial charge in [0.25, 0.3) is 0 Å². The summed E-state index contributed by atoms with van der Waals surface area (Å²) in [5.41, 5.74) is 2.13. The van der Waals surface area contributed by atoms with E-state index in [0.717, 1.165) is 30.5 Å². The van der Waals surface area contributed by atoms with Crippen LogP contribution in [0.2, 0.25) is 0 Å². The normalized spacial score (nSPS) is 20.9. The van der Waals surface area contributed by atoms with Crippen molar-refractivity contribution in [1.82, 2.24) is 10.6 Å². The summed E-state index contributed by atoms with van der Waals surface area (Å²) in [6, 6.07) is 10.4. The van der Waals surface area contributed by atoms with Crippen LogP contribution in [0.5, 0.6) is 0 Å². The maximum absolute atomic E-state index is 11.6. The van der Waals surface area contributed by atoms with Gasteiger partial charge in [-0.05, 0) is 25.3 Å². The highest BCUT2D eigenvalue weighted by molar-refractivity contribution is 5.67. The highest BCUT2D eigenvalue weighted by atomic mass is 16.5. The van der Waals surface area contributed by atoms with Crippen molar-refractivity contribution in [2.45, 2.75) is 38.5 Å². The molecule has 2 rings (SSSR count). The standard InChI is InChI=1S/C16H22N2O2/c1-12(2)10-17-14-8-15(9-14)18-16(19)20-11-13-6-4-3-5-7-13/h3-7,14-15,17H,1,8-11H2,2H3,(H,18,19). The largest absolute Gasteiger partial charge is 0.445 e. The first-order valence-corrected chi connectivity index (χ1v) is 6.98. The third-order valence-corrected chi connectivity index (χ3v) is 3.37. The minimum atomic E-state index is -0.336. The summed E-state index contributed by atoms with van der Waals surface area (Å²) < 4.78 is 5.18. The molecular weight excluding hydrogens is 252 g/mol. The van der Waals surface area contributed by atoms with E-state index in [1.807, 2.05) is 37.3 Å². The number of rotatable bonds is 6. The Kier molecular flexibility index (Phi) is 5.18. The van der Waals surface area contributed by atoms with Gasteiger partial charge in [-0.3, -0.25) is 0 Å². The van der Waals surface area contributed by atoms with Gasteiger partial charge in [-0.25, -0.2) is 4.79 Å². The molecule has 1 aliphatic rings. The lowest BCUT2D eigenvalue weighted by Crippen LogP contribution is -2.52. The molecule has 0 bridgehead atoms. The molecule has 1 saturated carbocycles. The van der Waals surface area contributed by atoms with Crippen molar-refractivity contribution in [2.24, 2.45) is 0 Å². The fourth-order valence-electron chi connectivity index (χ4n) is 2.15. The van der Waals surface area contributed by atoms with Crippen molar-refractivity contribution >= 4 is 6.09 Å². The number of carbonyl (C=O) groups is 1. The lowest BCUT2D eigenvalue weighted by atomic mass is 9.87. The van der Waals surface area contributed by atoms with Gasteiger partial charge in [-0.2, -0.15) is 0 Å². The highest BCUT2D eigenvalue weighted by Gasteiger charge is 2.30. The molecule has 1 aliphatic carbocycles. The van der Waals surface area contributed by atoms with Gasteiger partial charge < -0.3 is 15.4 Å². The summed E-state index contributed by atoms with van der Waals surface area (Å²) in [4.78, 5) is 11.6. The number of hydrogen-bond acceptors (Lipinski definition) is 3. The fraction of sp³-hybridized carbons (Fsp3) is 0.438. The smallest absolute Gasteiger partial charge is 0.407 e. The van der Waals surface area contributed by atoms with Crippen molar-refractivity contribution < 1.29 is 9.53 Å². The molecule has 0 spiro atoms. The molecule has 0 heterocycles. The van der Waals surface area contributed by atoms with Gasteiger partial charge in [-0.1, -0.05) is 42.5 Å². The number of alkyl carbamates (subject to hydrolysis) is 1. The Labute approximate surface area is 120 Å². The first-order chi connectivity index (χ1) is 9.63. The average molecular weight is 274 g/mol. The second-order valence-corrected chi connectivity index (χ2v) is 5.41. The molecule has 0 unspecified atom stereocenters. The molecular formula is C16H22N2O2. The van der Waals surface area contributed by atoms with Crippen LogP contribution in [0.1, 0.15) is 25.3 Å². The molecule has 2 N–H and O–H groups in total. The predicted molar refractivity (Wildman–Crippen MR) is 79.4 cm³/mol. The third kappa shape index (κ3) is 4.70. The van der Waals surface area contributed by atoms with Gasteiger partial charge in [0, 0.05) is 18.6 Å². The van der Waals surface area contributed by atoms with Crippen LogP contribution in [0.15, 0.2) is 42.5 Å². The van der Waals surface area contributed by atoms with Gasteiger partial charge in [0.1, 0.15) is 6.61 Å². The van der Waals surface area contributed by atoms with E-state index < -0.39 is 0 Å². The van der Waals surface area contributed by atoms with E-state index in [-0.39, 0.29) is 12.1 Å². The molecule has 0 aromatic heterocycles. The Balaban J connectivity index is 1.59. The highest BCUT2D eigenvalue weighted by Crippen LogP contribution is 2.20. The lowest BCUT2D eigenvalue weighted by molar-refractivity contribution is 0.126. The second kappa shape index (κ2) is 7.10. The SMILES string of the molecule is C=C(C)CNC1CC(NC(=O)OCc2ccccc2)C1. The molecule has 1 aromatic rings. The Morgan fingerprint density at radius 1 is 1.30 bits per heavy atom. The topological polar surface area (TPSA) is 50.4 Å². The van der Waals surface area contributed by atoms with Crippen molar-refractivity contribution in [2.75, 3.05) is 6.54 Å². The quantitative estimate of drug-likeness (QED) is 0.784. The number of nitrogens with one attached hydrogen (secondary N) is 2. The van der Waals surface area contributed by atoms with Gasteiger partial charge in [0.2, 0.25) is 0 Å². The van der Waals surface area contributed by atoms with Crippen LogP contribution in [-0.4, -0.2) is 24.7 Å². The molecule has 0 atom stereocenters. The minimum absolute atomic E-state index is 0.223. The zero-order chi connectivity index (χ0) is 14.4. The number of amides is 1. The van der Waals surface area contributed by atoms with E-state index in [4.69, 9.17) is 4.74 Å². The molecule has 108 valence electrons. The minimum Gasteiger partial charge on any atom is -0.445 e. The van der Waals surface area contributed by atoms with Gasteiger partial charge >= 0.3 is 6.09 Å². The third-order valence-electron chi connectivity index (χ3n) is 3.37. The summed E-state index contributed by atoms with van der Waals surface area (Å²) in [6.07, 6.45) is 1.57. The monoisotopic (exact) mass is 274 g/mol. The Morgan fingerprint density at radius 3 is 2.65 bits per heavy atom. The van der Waals surface area contributed by atoms with Gasteiger partial charge in [-0.15, -0.1) is 0 Å². The summed E-state index contributed by atoms with van der Waals surface area (Å²) >= 11 is 0. The van der Waals surface area contributed by atoms with E-state index in [1.165, 1.54) is 0 Å². The summed E-state index contributed by atoms with van der Waals surface area (Å²) in [6.45, 7) is 7.02. The Morgan fingerprint density at radius 2 is 2.00 bits per heavy atom. The fourth-order valence-corrected chi connectivity index (χ4v) is 2.15. The van der Waals surface area contributed by atoms with Gasteiger partial charge in [0.05, 0.1) is 0 Å². The van der Waals surface area contributed by atoms with Crippen molar-refractivity contribution in [3.63, 3.8) is 0 Å². The van der Waals surface area contributed by atoms with Crippen LogP contribution in [0.25, 0.3) is 0 Å². The van der Waals surface area contributed by atoms with Crippen LogP contribution in [0.4, 0.5) is 4.79 Å². The summed E-state index contributed by atoms with van der Waals surface area (Å²) in [7, 11) is 0. The molecule has 0 saturated heterocycles. The molecule has 1 amide bonds. The lowest BCUT2D eigenvalue weighted by Gasteiger charge is -2.36. The van der Waals surface area contributed by atoms with Crippen molar-refractivity contribution in [3.05, 3.63) is 48.0 Å². The van der Waals surface area contributed by atoms with E-state index in [0.29, 0.717) is 12.6 Å². The predicted octanol–water partition coefficient (Wildman–Crippen LogP) is 2.61.